The molecule has 0 aromatic rings. The number of alkyl halides is 10. The molecule has 0 aliphatic rings. The normalized spacial score (nSPS) is 14.8. The third-order valence-corrected chi connectivity index (χ3v) is 5.47. The molecule has 0 N–H and O–H groups in total. The van der Waals surface area contributed by atoms with Crippen LogP contribution in [0.2, 0.25) is 0 Å². The fraction of sp³-hybridized carbons (Fsp3) is 1.00. The van der Waals surface area contributed by atoms with Crippen LogP contribution < -0.4 is 29.6 Å². The van der Waals surface area contributed by atoms with E-state index in [2.05, 4.69) is 10.7 Å². The molecule has 1 unspecified atom stereocenters. The van der Waals surface area contributed by atoms with E-state index in [1.807, 2.05) is 0 Å². The minimum Gasteiger partial charge on any atom is -0.768 e. The molecule has 0 aliphatic heterocycles. The summed E-state index contributed by atoms with van der Waals surface area (Å²) in [6.45, 7) is 0. The minimum absolute atomic E-state index is 0. The van der Waals surface area contributed by atoms with Crippen LogP contribution in [0.1, 0.15) is 12.8 Å². The van der Waals surface area contributed by atoms with Crippen LogP contribution in [0.25, 0.3) is 0 Å². The SMILES string of the molecule is O=S(=O)(Cl)C(F)(F)C(F)(F)CCI.O=S([O-])C(F)(F)C(F)(F)CCI.[Na+]. The second-order valence-electron chi connectivity index (χ2n) is 3.99. The molecule has 4 nitrogen and oxygen atoms in total. The van der Waals surface area contributed by atoms with E-state index in [0.717, 1.165) is 0 Å². The van der Waals surface area contributed by atoms with Gasteiger partial charge in [0.15, 0.2) is 0 Å². The molecule has 0 saturated carbocycles. The van der Waals surface area contributed by atoms with E-state index in [1.54, 1.807) is 0 Å². The van der Waals surface area contributed by atoms with E-state index in [-0.39, 0.29) is 38.4 Å². The van der Waals surface area contributed by atoms with Gasteiger partial charge in [-0.15, -0.1) is 0 Å². The molecule has 0 fully saturated rings. The standard InChI is InChI=1S/C4H4ClF4IO2S.C4H5F4IO2S.Na/c5-13(11,12)4(8,9)3(6,7)1-2-10;5-3(6,1-2-9)4(7,8)12(10)11;/h1-2H2;1-2H2,(H,10,11);/q;;+1/p-1. The van der Waals surface area contributed by atoms with E-state index >= 15 is 0 Å². The van der Waals surface area contributed by atoms with Crippen molar-refractivity contribution in [2.24, 2.45) is 0 Å². The van der Waals surface area contributed by atoms with Crippen LogP contribution in [-0.2, 0) is 20.1 Å². The molecule has 0 heterocycles. The molecule has 18 heteroatoms. The number of rotatable bonds is 8. The number of halogens is 11. The Morgan fingerprint density at radius 3 is 1.42 bits per heavy atom. The van der Waals surface area contributed by atoms with E-state index < -0.39 is 55.3 Å². The predicted molar refractivity (Wildman–Crippen MR) is 90.5 cm³/mol. The number of hydrogen-bond donors (Lipinski definition) is 0. The largest absolute Gasteiger partial charge is 1.00 e. The summed E-state index contributed by atoms with van der Waals surface area (Å²) >= 11 is -1.19. The minimum atomic E-state index is -5.60. The summed E-state index contributed by atoms with van der Waals surface area (Å²) < 4.78 is 138. The van der Waals surface area contributed by atoms with Gasteiger partial charge in [0.05, 0.1) is 0 Å². The molecule has 0 aromatic carbocycles. The maximum absolute atomic E-state index is 12.5. The van der Waals surface area contributed by atoms with Gasteiger partial charge in [0, 0.05) is 43.5 Å². The van der Waals surface area contributed by atoms with Crippen molar-refractivity contribution in [2.45, 2.75) is 35.2 Å². The van der Waals surface area contributed by atoms with Crippen molar-refractivity contribution in [3.63, 3.8) is 0 Å². The van der Waals surface area contributed by atoms with Crippen LogP contribution in [0.15, 0.2) is 0 Å². The second-order valence-corrected chi connectivity index (χ2v) is 9.74. The zero-order valence-corrected chi connectivity index (χ0v) is 21.1. The van der Waals surface area contributed by atoms with Crippen LogP contribution in [0.5, 0.6) is 0 Å². The Morgan fingerprint density at radius 2 is 1.19 bits per heavy atom. The van der Waals surface area contributed by atoms with Gasteiger partial charge in [-0.05, 0) is 0 Å². The molecule has 0 radical (unpaired) electrons. The Kier molecular flexibility index (Phi) is 15.4. The summed E-state index contributed by atoms with van der Waals surface area (Å²) in [4.78, 5) is 0. The van der Waals surface area contributed by atoms with Crippen LogP contribution in [0.3, 0.4) is 0 Å². The third kappa shape index (κ3) is 8.95. The van der Waals surface area contributed by atoms with Gasteiger partial charge in [-0.25, -0.2) is 8.42 Å². The van der Waals surface area contributed by atoms with E-state index in [9.17, 15) is 52.3 Å². The molecular formula is C8H8ClF8I2NaO4S2. The summed E-state index contributed by atoms with van der Waals surface area (Å²) in [7, 11) is -1.41. The first-order valence-electron chi connectivity index (χ1n) is 5.48. The Labute approximate surface area is 199 Å². The van der Waals surface area contributed by atoms with Crippen molar-refractivity contribution in [1.29, 1.82) is 0 Å². The van der Waals surface area contributed by atoms with Gasteiger partial charge in [-0.3, -0.25) is 4.21 Å². The van der Waals surface area contributed by atoms with Gasteiger partial charge in [0.1, 0.15) is 0 Å². The molecule has 0 saturated heterocycles. The molecule has 26 heavy (non-hydrogen) atoms. The first kappa shape index (κ1) is 32.9. The Hall–Kier alpha value is 2.25. The second kappa shape index (κ2) is 12.2. The Bertz CT molecular complexity index is 566. The fourth-order valence-corrected chi connectivity index (χ4v) is 3.33. The van der Waals surface area contributed by atoms with Gasteiger partial charge in [0.25, 0.3) is 0 Å². The third-order valence-electron chi connectivity index (χ3n) is 2.18. The molecule has 0 bridgehead atoms. The van der Waals surface area contributed by atoms with Crippen LogP contribution in [0, 0.1) is 0 Å². The molecule has 1 atom stereocenters. The van der Waals surface area contributed by atoms with Gasteiger partial charge in [-0.1, -0.05) is 45.2 Å². The summed E-state index contributed by atoms with van der Waals surface area (Å²) in [5.74, 6) is -9.12. The first-order valence-corrected chi connectivity index (χ1v) is 11.9. The number of hydrogen-bond acceptors (Lipinski definition) is 4. The zero-order chi connectivity index (χ0) is 20.9. The van der Waals surface area contributed by atoms with Crippen molar-refractivity contribution in [1.82, 2.24) is 0 Å². The average molecular weight is 697 g/mol. The summed E-state index contributed by atoms with van der Waals surface area (Å²) in [6.07, 6.45) is -2.40. The molecule has 154 valence electrons. The summed E-state index contributed by atoms with van der Waals surface area (Å²) in [5.41, 5.74) is 0. The maximum Gasteiger partial charge on any atom is 1.00 e. The maximum atomic E-state index is 12.5. The van der Waals surface area contributed by atoms with Crippen molar-refractivity contribution in [3.8, 4) is 0 Å². The molecule has 0 aromatic heterocycles. The van der Waals surface area contributed by atoms with Crippen molar-refractivity contribution < 1.29 is 81.9 Å². The molecule has 0 spiro atoms. The smallest absolute Gasteiger partial charge is 0.768 e. The molecule has 0 aliphatic carbocycles. The van der Waals surface area contributed by atoms with Crippen LogP contribution in [0.4, 0.5) is 35.1 Å². The summed E-state index contributed by atoms with van der Waals surface area (Å²) in [5, 5.41) is -10.2. The molecule has 0 amide bonds. The van der Waals surface area contributed by atoms with Gasteiger partial charge in [-0.2, -0.15) is 35.1 Å². The monoisotopic (exact) mass is 696 g/mol. The predicted octanol–water partition coefficient (Wildman–Crippen LogP) is 1.53. The van der Waals surface area contributed by atoms with E-state index in [4.69, 9.17) is 0 Å². The topological polar surface area (TPSA) is 74.3 Å². The average Bonchev–Trinajstić information content (AvgIpc) is 2.37. The van der Waals surface area contributed by atoms with Gasteiger partial charge >= 0.3 is 61.0 Å². The van der Waals surface area contributed by atoms with E-state index in [1.165, 1.54) is 45.2 Å². The fourth-order valence-electron chi connectivity index (χ4n) is 0.829. The molecular weight excluding hydrogens is 688 g/mol. The van der Waals surface area contributed by atoms with Gasteiger partial charge < -0.3 is 4.55 Å². The first-order chi connectivity index (χ1) is 10.8. The zero-order valence-electron chi connectivity index (χ0n) is 12.4. The van der Waals surface area contributed by atoms with Crippen LogP contribution >= 0.6 is 55.9 Å². The van der Waals surface area contributed by atoms with Crippen molar-refractivity contribution >= 4 is 76.0 Å². The van der Waals surface area contributed by atoms with Crippen LogP contribution in [-0.4, -0.2) is 48.4 Å². The van der Waals surface area contributed by atoms with E-state index in [0.29, 0.717) is 0 Å². The Morgan fingerprint density at radius 1 is 0.885 bits per heavy atom. The summed E-state index contributed by atoms with van der Waals surface area (Å²) in [6, 6.07) is 0. The van der Waals surface area contributed by atoms with Gasteiger partial charge in [0.2, 0.25) is 0 Å². The van der Waals surface area contributed by atoms with Crippen molar-refractivity contribution in [3.05, 3.63) is 0 Å². The quantitative estimate of drug-likeness (QED) is 0.0965. The van der Waals surface area contributed by atoms with Crippen molar-refractivity contribution in [2.75, 3.05) is 8.86 Å². The molecule has 0 rings (SSSR count). The Balaban J connectivity index is -0.000000393.